The Bertz CT molecular complexity index is 1140. The van der Waals surface area contributed by atoms with E-state index in [-0.39, 0.29) is 34.8 Å². The first-order valence-corrected chi connectivity index (χ1v) is 8.56. The molecule has 0 unspecified atom stereocenters. The summed E-state index contributed by atoms with van der Waals surface area (Å²) >= 11 is 0. The number of fused-ring (bicyclic) bond motifs is 1. The van der Waals surface area contributed by atoms with Gasteiger partial charge in [-0.25, -0.2) is 4.79 Å². The van der Waals surface area contributed by atoms with Crippen LogP contribution in [0.1, 0.15) is 36.6 Å². The maximum Gasteiger partial charge on any atom is 0.335 e. The number of nitrogens with zero attached hydrogens (tertiary/aromatic N) is 2. The van der Waals surface area contributed by atoms with Crippen molar-refractivity contribution in [3.8, 4) is 0 Å². The highest BCUT2D eigenvalue weighted by Gasteiger charge is 2.20. The molecule has 0 spiro atoms. The number of non-ortho nitro benzene ring substituents is 1. The molecule has 8 nitrogen and oxygen atoms in total. The van der Waals surface area contributed by atoms with E-state index in [0.717, 1.165) is 11.6 Å². The van der Waals surface area contributed by atoms with Crippen molar-refractivity contribution in [1.29, 1.82) is 0 Å². The third-order valence-electron chi connectivity index (χ3n) is 4.53. The highest BCUT2D eigenvalue weighted by Crippen LogP contribution is 2.28. The smallest absolute Gasteiger partial charge is 0.335 e. The molecule has 0 fully saturated rings. The predicted molar refractivity (Wildman–Crippen MR) is 105 cm³/mol. The second-order valence-electron chi connectivity index (χ2n) is 6.48. The average molecular weight is 392 g/mol. The van der Waals surface area contributed by atoms with E-state index in [9.17, 15) is 24.5 Å². The Labute approximate surface area is 165 Å². The van der Waals surface area contributed by atoms with Gasteiger partial charge in [-0.3, -0.25) is 19.7 Å². The minimum atomic E-state index is -1.03. The predicted octanol–water partition coefficient (Wildman–Crippen LogP) is 3.53. The number of carboxylic acid groups (broad SMARTS) is 1. The summed E-state index contributed by atoms with van der Waals surface area (Å²) in [6.45, 7) is 0.221. The second kappa shape index (κ2) is 7.89. The first-order valence-electron chi connectivity index (χ1n) is 8.56. The van der Waals surface area contributed by atoms with Crippen LogP contribution in [0.4, 0.5) is 5.69 Å². The summed E-state index contributed by atoms with van der Waals surface area (Å²) < 4.78 is 0. The molecule has 3 rings (SSSR count). The molecule has 29 heavy (non-hydrogen) atoms. The number of carbonyl (C=O) groups excluding carboxylic acids is 2. The zero-order valence-corrected chi connectivity index (χ0v) is 15.4. The van der Waals surface area contributed by atoms with Gasteiger partial charge in [-0.05, 0) is 29.1 Å². The van der Waals surface area contributed by atoms with E-state index >= 15 is 0 Å². The van der Waals surface area contributed by atoms with Gasteiger partial charge in [-0.15, -0.1) is 0 Å². The molecule has 1 N–H and O–H groups in total. The number of nitro groups is 1. The lowest BCUT2D eigenvalue weighted by Crippen LogP contribution is -2.26. The van der Waals surface area contributed by atoms with Gasteiger partial charge in [0.1, 0.15) is 0 Å². The van der Waals surface area contributed by atoms with Crippen molar-refractivity contribution in [3.05, 3.63) is 87.0 Å². The standard InChI is InChI=1S/C21H16N2O6/c1-22(11-13-5-7-14(8-6-13)21(26)27)20(25)18-4-2-3-15-9-17(23(28)29)10-16(12-24)19(15)18/h2-10,12H,11H2,1H3,(H,26,27). The molecule has 0 atom stereocenters. The number of hydrogen-bond donors (Lipinski definition) is 1. The van der Waals surface area contributed by atoms with Crippen LogP contribution in [-0.4, -0.2) is 40.1 Å². The Morgan fingerprint density at radius 2 is 1.83 bits per heavy atom. The van der Waals surface area contributed by atoms with Gasteiger partial charge in [0.15, 0.2) is 6.29 Å². The van der Waals surface area contributed by atoms with Crippen LogP contribution in [0.3, 0.4) is 0 Å². The van der Waals surface area contributed by atoms with E-state index in [4.69, 9.17) is 5.11 Å². The third kappa shape index (κ3) is 3.96. The van der Waals surface area contributed by atoms with Crippen molar-refractivity contribution in [2.24, 2.45) is 0 Å². The molecule has 0 heterocycles. The largest absolute Gasteiger partial charge is 0.478 e. The number of amides is 1. The van der Waals surface area contributed by atoms with E-state index in [1.807, 2.05) is 0 Å². The van der Waals surface area contributed by atoms with Crippen LogP contribution in [0.5, 0.6) is 0 Å². The second-order valence-corrected chi connectivity index (χ2v) is 6.48. The lowest BCUT2D eigenvalue weighted by atomic mass is 9.98. The first kappa shape index (κ1) is 19.7. The number of hydrogen-bond acceptors (Lipinski definition) is 5. The van der Waals surface area contributed by atoms with Gasteiger partial charge < -0.3 is 10.0 Å². The molecule has 1 amide bonds. The molecule has 0 saturated heterocycles. The van der Waals surface area contributed by atoms with Crippen molar-refractivity contribution in [2.75, 3.05) is 7.05 Å². The van der Waals surface area contributed by atoms with Gasteiger partial charge in [0.2, 0.25) is 0 Å². The van der Waals surface area contributed by atoms with Crippen LogP contribution in [0, 0.1) is 10.1 Å². The SMILES string of the molecule is CN(Cc1ccc(C(=O)O)cc1)C(=O)c1cccc2cc([N+](=O)[O-])cc(C=O)c12. The fourth-order valence-corrected chi connectivity index (χ4v) is 3.13. The van der Waals surface area contributed by atoms with Gasteiger partial charge in [0.05, 0.1) is 10.5 Å². The van der Waals surface area contributed by atoms with Crippen molar-refractivity contribution in [1.82, 2.24) is 4.90 Å². The normalized spacial score (nSPS) is 10.5. The van der Waals surface area contributed by atoms with E-state index < -0.39 is 10.9 Å². The summed E-state index contributed by atoms with van der Waals surface area (Å²) in [5.74, 6) is -1.40. The molecular formula is C21H16N2O6. The molecular weight excluding hydrogens is 376 g/mol. The maximum atomic E-state index is 13.0. The number of nitro benzene ring substituents is 1. The number of benzene rings is 3. The van der Waals surface area contributed by atoms with Crippen molar-refractivity contribution < 1.29 is 24.4 Å². The van der Waals surface area contributed by atoms with Gasteiger partial charge in [-0.2, -0.15) is 0 Å². The average Bonchev–Trinajstić information content (AvgIpc) is 2.72. The minimum absolute atomic E-state index is 0.0670. The van der Waals surface area contributed by atoms with Crippen molar-refractivity contribution in [2.45, 2.75) is 6.54 Å². The summed E-state index contributed by atoms with van der Waals surface area (Å²) in [5, 5.41) is 20.8. The fraction of sp³-hybridized carbons (Fsp3) is 0.0952. The molecule has 0 radical (unpaired) electrons. The Hall–Kier alpha value is -4.07. The topological polar surface area (TPSA) is 118 Å². The van der Waals surface area contributed by atoms with Crippen LogP contribution < -0.4 is 0 Å². The van der Waals surface area contributed by atoms with Gasteiger partial charge >= 0.3 is 5.97 Å². The molecule has 0 saturated carbocycles. The summed E-state index contributed by atoms with van der Waals surface area (Å²) in [4.78, 5) is 47.4. The third-order valence-corrected chi connectivity index (χ3v) is 4.53. The summed E-state index contributed by atoms with van der Waals surface area (Å²) in [6, 6.07) is 13.4. The van der Waals surface area contributed by atoms with E-state index in [1.165, 1.54) is 23.1 Å². The van der Waals surface area contributed by atoms with E-state index in [1.54, 1.807) is 37.4 Å². The van der Waals surface area contributed by atoms with Crippen LogP contribution >= 0.6 is 0 Å². The highest BCUT2D eigenvalue weighted by molar-refractivity contribution is 6.12. The Morgan fingerprint density at radius 1 is 1.14 bits per heavy atom. The molecule has 0 aliphatic rings. The molecule has 0 aliphatic heterocycles. The van der Waals surface area contributed by atoms with Crippen LogP contribution in [0.2, 0.25) is 0 Å². The minimum Gasteiger partial charge on any atom is -0.478 e. The molecule has 3 aromatic carbocycles. The lowest BCUT2D eigenvalue weighted by molar-refractivity contribution is -0.384. The zero-order chi connectivity index (χ0) is 21.1. The van der Waals surface area contributed by atoms with Crippen LogP contribution in [0.25, 0.3) is 10.8 Å². The van der Waals surface area contributed by atoms with Crippen LogP contribution in [-0.2, 0) is 6.54 Å². The Balaban J connectivity index is 1.96. The van der Waals surface area contributed by atoms with E-state index in [0.29, 0.717) is 17.1 Å². The van der Waals surface area contributed by atoms with Crippen molar-refractivity contribution in [3.63, 3.8) is 0 Å². The van der Waals surface area contributed by atoms with Crippen molar-refractivity contribution >= 4 is 34.6 Å². The van der Waals surface area contributed by atoms with Gasteiger partial charge in [0, 0.05) is 42.2 Å². The molecule has 0 aromatic heterocycles. The number of carbonyl (C=O) groups is 3. The molecule has 8 heteroatoms. The highest BCUT2D eigenvalue weighted by atomic mass is 16.6. The Morgan fingerprint density at radius 3 is 2.41 bits per heavy atom. The lowest BCUT2D eigenvalue weighted by Gasteiger charge is -2.19. The van der Waals surface area contributed by atoms with Gasteiger partial charge in [-0.1, -0.05) is 24.3 Å². The van der Waals surface area contributed by atoms with Crippen LogP contribution in [0.15, 0.2) is 54.6 Å². The molecule has 146 valence electrons. The molecule has 0 bridgehead atoms. The number of aromatic carboxylic acids is 1. The number of rotatable bonds is 6. The number of carboxylic acids is 1. The first-order chi connectivity index (χ1) is 13.8. The monoisotopic (exact) mass is 392 g/mol. The molecule has 0 aliphatic carbocycles. The fourth-order valence-electron chi connectivity index (χ4n) is 3.13. The summed E-state index contributed by atoms with van der Waals surface area (Å²) in [6.07, 6.45) is 0.497. The van der Waals surface area contributed by atoms with E-state index in [2.05, 4.69) is 0 Å². The summed E-state index contributed by atoms with van der Waals surface area (Å²) in [5.41, 5.74) is 0.976. The number of aldehydes is 1. The quantitative estimate of drug-likeness (QED) is 0.389. The molecule has 3 aromatic rings. The zero-order valence-electron chi connectivity index (χ0n) is 15.4. The maximum absolute atomic E-state index is 13.0. The van der Waals surface area contributed by atoms with Gasteiger partial charge in [0.25, 0.3) is 11.6 Å². The Kier molecular flexibility index (Phi) is 5.36. The summed E-state index contributed by atoms with van der Waals surface area (Å²) in [7, 11) is 1.58.